The van der Waals surface area contributed by atoms with E-state index in [1.165, 1.54) is 11.8 Å². The van der Waals surface area contributed by atoms with E-state index in [2.05, 4.69) is 5.32 Å². The molecule has 1 amide bonds. The molecule has 7 nitrogen and oxygen atoms in total. The molecule has 0 saturated carbocycles. The van der Waals surface area contributed by atoms with Gasteiger partial charge in [-0.3, -0.25) is 14.2 Å². The Bertz CT molecular complexity index is 1370. The number of para-hydroxylation sites is 1. The van der Waals surface area contributed by atoms with Crippen LogP contribution in [0, 0.1) is 0 Å². The summed E-state index contributed by atoms with van der Waals surface area (Å²) < 4.78 is 12.3. The molecule has 180 valence electrons. The van der Waals surface area contributed by atoms with Crippen LogP contribution in [-0.4, -0.2) is 34.4 Å². The summed E-state index contributed by atoms with van der Waals surface area (Å²) in [5.41, 5.74) is 2.06. The SMILES string of the molecule is CCOc1ccc(NC(=O)C(C)Sc2nc3ccccc3c(=O)n2Cc2ccc(OC)cc2)cc1. The largest absolute Gasteiger partial charge is 0.497 e. The van der Waals surface area contributed by atoms with Crippen molar-refractivity contribution in [2.45, 2.75) is 30.8 Å². The van der Waals surface area contributed by atoms with Crippen molar-refractivity contribution in [1.29, 1.82) is 0 Å². The van der Waals surface area contributed by atoms with Gasteiger partial charge in [-0.1, -0.05) is 36.0 Å². The van der Waals surface area contributed by atoms with Crippen LogP contribution in [0.3, 0.4) is 0 Å². The quantitative estimate of drug-likeness (QED) is 0.264. The predicted octanol–water partition coefficient (Wildman–Crippen LogP) is 4.97. The van der Waals surface area contributed by atoms with E-state index in [1.54, 1.807) is 36.8 Å². The molecule has 4 aromatic rings. The number of nitrogens with zero attached hydrogens (tertiary/aromatic N) is 2. The molecular weight excluding hydrogens is 462 g/mol. The van der Waals surface area contributed by atoms with Gasteiger partial charge in [0.2, 0.25) is 5.91 Å². The molecule has 0 saturated heterocycles. The molecule has 1 heterocycles. The van der Waals surface area contributed by atoms with E-state index in [-0.39, 0.29) is 11.5 Å². The van der Waals surface area contributed by atoms with Gasteiger partial charge in [0.1, 0.15) is 11.5 Å². The molecule has 0 aliphatic carbocycles. The van der Waals surface area contributed by atoms with Crippen molar-refractivity contribution in [2.75, 3.05) is 19.0 Å². The first-order valence-electron chi connectivity index (χ1n) is 11.3. The normalized spacial score (nSPS) is 11.7. The Morgan fingerprint density at radius 1 is 1.03 bits per heavy atom. The number of carbonyl (C=O) groups excluding carboxylic acids is 1. The third-order valence-electron chi connectivity index (χ3n) is 5.41. The second-order valence-electron chi connectivity index (χ2n) is 7.86. The maximum Gasteiger partial charge on any atom is 0.262 e. The van der Waals surface area contributed by atoms with Crippen LogP contribution in [0.1, 0.15) is 19.4 Å². The smallest absolute Gasteiger partial charge is 0.262 e. The Kier molecular flexibility index (Phi) is 7.72. The summed E-state index contributed by atoms with van der Waals surface area (Å²) >= 11 is 1.26. The highest BCUT2D eigenvalue weighted by Crippen LogP contribution is 2.25. The van der Waals surface area contributed by atoms with Gasteiger partial charge in [-0.25, -0.2) is 4.98 Å². The van der Waals surface area contributed by atoms with E-state index in [4.69, 9.17) is 14.5 Å². The molecule has 4 rings (SSSR count). The van der Waals surface area contributed by atoms with E-state index >= 15 is 0 Å². The lowest BCUT2D eigenvalue weighted by Crippen LogP contribution is -2.27. The van der Waals surface area contributed by atoms with Crippen molar-refractivity contribution in [3.63, 3.8) is 0 Å². The Morgan fingerprint density at radius 2 is 1.71 bits per heavy atom. The molecule has 0 fully saturated rings. The summed E-state index contributed by atoms with van der Waals surface area (Å²) in [5, 5.41) is 3.46. The van der Waals surface area contributed by atoms with Gasteiger partial charge in [-0.2, -0.15) is 0 Å². The van der Waals surface area contributed by atoms with Crippen LogP contribution in [-0.2, 0) is 11.3 Å². The van der Waals surface area contributed by atoms with Crippen molar-refractivity contribution in [3.8, 4) is 11.5 Å². The van der Waals surface area contributed by atoms with Gasteiger partial charge in [0.15, 0.2) is 5.16 Å². The highest BCUT2D eigenvalue weighted by Gasteiger charge is 2.20. The third kappa shape index (κ3) is 5.84. The molecule has 1 N–H and O–H groups in total. The van der Waals surface area contributed by atoms with Gasteiger partial charge in [0.25, 0.3) is 5.56 Å². The lowest BCUT2D eigenvalue weighted by Gasteiger charge is -2.17. The number of carbonyl (C=O) groups is 1. The molecule has 0 spiro atoms. The molecule has 1 unspecified atom stereocenters. The van der Waals surface area contributed by atoms with Gasteiger partial charge < -0.3 is 14.8 Å². The fourth-order valence-corrected chi connectivity index (χ4v) is 4.46. The minimum absolute atomic E-state index is 0.145. The van der Waals surface area contributed by atoms with E-state index in [0.717, 1.165) is 17.1 Å². The summed E-state index contributed by atoms with van der Waals surface area (Å²) in [6.45, 7) is 4.63. The lowest BCUT2D eigenvalue weighted by molar-refractivity contribution is -0.115. The maximum atomic E-state index is 13.4. The number of benzene rings is 3. The minimum atomic E-state index is -0.489. The third-order valence-corrected chi connectivity index (χ3v) is 6.50. The zero-order valence-corrected chi connectivity index (χ0v) is 20.7. The summed E-state index contributed by atoms with van der Waals surface area (Å²) in [7, 11) is 1.61. The number of aromatic nitrogens is 2. The van der Waals surface area contributed by atoms with E-state index in [9.17, 15) is 9.59 Å². The number of anilines is 1. The molecule has 0 aliphatic rings. The van der Waals surface area contributed by atoms with Crippen LogP contribution in [0.4, 0.5) is 5.69 Å². The first-order valence-corrected chi connectivity index (χ1v) is 12.2. The number of hydrogen-bond acceptors (Lipinski definition) is 6. The molecule has 1 aromatic heterocycles. The Balaban J connectivity index is 1.59. The summed E-state index contributed by atoms with van der Waals surface area (Å²) in [4.78, 5) is 31.0. The first-order chi connectivity index (χ1) is 17.0. The van der Waals surface area contributed by atoms with E-state index in [0.29, 0.717) is 34.9 Å². The molecule has 0 aliphatic heterocycles. The summed E-state index contributed by atoms with van der Waals surface area (Å²) in [6.07, 6.45) is 0. The van der Waals surface area contributed by atoms with Crippen LogP contribution in [0.5, 0.6) is 11.5 Å². The average Bonchev–Trinajstić information content (AvgIpc) is 2.88. The minimum Gasteiger partial charge on any atom is -0.497 e. The Morgan fingerprint density at radius 3 is 2.40 bits per heavy atom. The standard InChI is InChI=1S/C27H27N3O4S/c1-4-34-22-15-11-20(12-16-22)28-25(31)18(2)35-27-29-24-8-6-5-7-23(24)26(32)30(27)17-19-9-13-21(33-3)14-10-19/h5-16,18H,4,17H2,1-3H3,(H,28,31). The second kappa shape index (κ2) is 11.1. The number of thioether (sulfide) groups is 1. The molecule has 0 radical (unpaired) electrons. The van der Waals surface area contributed by atoms with Crippen LogP contribution >= 0.6 is 11.8 Å². The van der Waals surface area contributed by atoms with E-state index < -0.39 is 5.25 Å². The monoisotopic (exact) mass is 489 g/mol. The summed E-state index contributed by atoms with van der Waals surface area (Å²) in [6, 6.07) is 22.0. The molecule has 3 aromatic carbocycles. The zero-order chi connectivity index (χ0) is 24.8. The number of hydrogen-bond donors (Lipinski definition) is 1. The maximum absolute atomic E-state index is 13.4. The zero-order valence-electron chi connectivity index (χ0n) is 19.9. The fraction of sp³-hybridized carbons (Fsp3) is 0.222. The molecule has 0 bridgehead atoms. The van der Waals surface area contributed by atoms with Crippen molar-refractivity contribution < 1.29 is 14.3 Å². The number of amides is 1. The molecule has 35 heavy (non-hydrogen) atoms. The van der Waals surface area contributed by atoms with Crippen molar-refractivity contribution in [3.05, 3.63) is 88.7 Å². The van der Waals surface area contributed by atoms with Gasteiger partial charge >= 0.3 is 0 Å². The first kappa shape index (κ1) is 24.3. The number of fused-ring (bicyclic) bond motifs is 1. The predicted molar refractivity (Wildman–Crippen MR) is 140 cm³/mol. The Hall–Kier alpha value is -3.78. The fourth-order valence-electron chi connectivity index (χ4n) is 3.55. The summed E-state index contributed by atoms with van der Waals surface area (Å²) in [5.74, 6) is 1.31. The Labute approximate surface area is 208 Å². The number of ether oxygens (including phenoxy) is 2. The molecule has 1 atom stereocenters. The lowest BCUT2D eigenvalue weighted by atomic mass is 10.2. The molecular formula is C27H27N3O4S. The van der Waals surface area contributed by atoms with Crippen molar-refractivity contribution in [1.82, 2.24) is 9.55 Å². The van der Waals surface area contributed by atoms with Gasteiger partial charge in [-0.05, 0) is 67.9 Å². The van der Waals surface area contributed by atoms with Gasteiger partial charge in [0.05, 0.1) is 36.4 Å². The van der Waals surface area contributed by atoms with Crippen LogP contribution in [0.2, 0.25) is 0 Å². The average molecular weight is 490 g/mol. The van der Waals surface area contributed by atoms with Crippen molar-refractivity contribution >= 4 is 34.3 Å². The highest BCUT2D eigenvalue weighted by molar-refractivity contribution is 8.00. The van der Waals surface area contributed by atoms with E-state index in [1.807, 2.05) is 61.5 Å². The van der Waals surface area contributed by atoms with Crippen LogP contribution in [0.15, 0.2) is 82.7 Å². The number of rotatable bonds is 9. The molecule has 8 heteroatoms. The van der Waals surface area contributed by atoms with Gasteiger partial charge in [0, 0.05) is 5.69 Å². The highest BCUT2D eigenvalue weighted by atomic mass is 32.2. The number of methoxy groups -OCH3 is 1. The van der Waals surface area contributed by atoms with Crippen molar-refractivity contribution in [2.24, 2.45) is 0 Å². The number of nitrogens with one attached hydrogen (secondary N) is 1. The van der Waals surface area contributed by atoms with Crippen LogP contribution < -0.4 is 20.3 Å². The van der Waals surface area contributed by atoms with Gasteiger partial charge in [-0.15, -0.1) is 0 Å². The van der Waals surface area contributed by atoms with Crippen LogP contribution in [0.25, 0.3) is 10.9 Å². The topological polar surface area (TPSA) is 82.5 Å². The second-order valence-corrected chi connectivity index (χ2v) is 9.17.